The normalized spacial score (nSPS) is 10.7. The molecule has 0 fully saturated rings. The molecule has 6 nitrogen and oxygen atoms in total. The quantitative estimate of drug-likeness (QED) is 0.796. The van der Waals surface area contributed by atoms with Gasteiger partial charge in [0.15, 0.2) is 5.69 Å². The van der Waals surface area contributed by atoms with E-state index in [0.717, 1.165) is 6.26 Å². The van der Waals surface area contributed by atoms with E-state index in [1.165, 1.54) is 12.1 Å². The van der Waals surface area contributed by atoms with Gasteiger partial charge in [-0.25, -0.2) is 19.2 Å². The Morgan fingerprint density at radius 3 is 3.00 bits per heavy atom. The molecule has 1 N–H and O–H groups in total. The van der Waals surface area contributed by atoms with Crippen LogP contribution in [0.15, 0.2) is 47.5 Å². The second-order valence-corrected chi connectivity index (χ2v) is 4.36. The number of imidazole rings is 1. The summed E-state index contributed by atoms with van der Waals surface area (Å²) in [4.78, 5) is 18.7. The fourth-order valence-corrected chi connectivity index (χ4v) is 1.88. The molecular formula is C14H10FN3O3. The van der Waals surface area contributed by atoms with Crippen molar-refractivity contribution in [2.45, 2.75) is 6.42 Å². The number of carbonyl (C=O) groups is 1. The SMILES string of the molecule is O=C(O)c1coc(Cc2cn(-c3cccc(F)c3)cn2)n1. The number of halogens is 1. The molecule has 0 atom stereocenters. The van der Waals surface area contributed by atoms with Crippen molar-refractivity contribution in [3.8, 4) is 5.69 Å². The smallest absolute Gasteiger partial charge is 0.357 e. The molecule has 0 spiro atoms. The van der Waals surface area contributed by atoms with Crippen molar-refractivity contribution in [3.63, 3.8) is 0 Å². The van der Waals surface area contributed by atoms with Crippen molar-refractivity contribution in [2.75, 3.05) is 0 Å². The maximum absolute atomic E-state index is 13.2. The van der Waals surface area contributed by atoms with Gasteiger partial charge in [-0.1, -0.05) is 6.07 Å². The highest BCUT2D eigenvalue weighted by atomic mass is 19.1. The Kier molecular flexibility index (Phi) is 3.23. The van der Waals surface area contributed by atoms with Gasteiger partial charge in [0.1, 0.15) is 12.1 Å². The summed E-state index contributed by atoms with van der Waals surface area (Å²) in [6.45, 7) is 0. The van der Waals surface area contributed by atoms with Crippen molar-refractivity contribution in [1.82, 2.24) is 14.5 Å². The van der Waals surface area contributed by atoms with Gasteiger partial charge >= 0.3 is 5.97 Å². The zero-order chi connectivity index (χ0) is 14.8. The Morgan fingerprint density at radius 2 is 2.29 bits per heavy atom. The lowest BCUT2D eigenvalue weighted by molar-refractivity contribution is 0.0690. The zero-order valence-electron chi connectivity index (χ0n) is 10.7. The fourth-order valence-electron chi connectivity index (χ4n) is 1.88. The molecule has 21 heavy (non-hydrogen) atoms. The first-order valence-corrected chi connectivity index (χ1v) is 6.08. The molecule has 0 aliphatic heterocycles. The summed E-state index contributed by atoms with van der Waals surface area (Å²) in [5, 5.41) is 8.77. The van der Waals surface area contributed by atoms with E-state index in [4.69, 9.17) is 9.52 Å². The van der Waals surface area contributed by atoms with Gasteiger partial charge in [0.05, 0.1) is 18.4 Å². The van der Waals surface area contributed by atoms with Crippen LogP contribution < -0.4 is 0 Å². The summed E-state index contributed by atoms with van der Waals surface area (Å²) in [6.07, 6.45) is 4.60. The zero-order valence-corrected chi connectivity index (χ0v) is 10.7. The maximum atomic E-state index is 13.2. The molecule has 0 aliphatic rings. The third kappa shape index (κ3) is 2.81. The minimum atomic E-state index is -1.14. The van der Waals surface area contributed by atoms with E-state index in [9.17, 15) is 9.18 Å². The van der Waals surface area contributed by atoms with Crippen LogP contribution in [0, 0.1) is 5.82 Å². The van der Waals surface area contributed by atoms with E-state index in [2.05, 4.69) is 9.97 Å². The summed E-state index contributed by atoms with van der Waals surface area (Å²) < 4.78 is 19.9. The number of aromatic nitrogens is 3. The third-order valence-electron chi connectivity index (χ3n) is 2.85. The lowest BCUT2D eigenvalue weighted by Crippen LogP contribution is -1.97. The third-order valence-corrected chi connectivity index (χ3v) is 2.85. The van der Waals surface area contributed by atoms with Crippen LogP contribution in [0.5, 0.6) is 0 Å². The van der Waals surface area contributed by atoms with Crippen molar-refractivity contribution in [2.24, 2.45) is 0 Å². The highest BCUT2D eigenvalue weighted by Gasteiger charge is 2.12. The molecule has 3 aromatic rings. The van der Waals surface area contributed by atoms with Gasteiger partial charge < -0.3 is 14.1 Å². The summed E-state index contributed by atoms with van der Waals surface area (Å²) in [7, 11) is 0. The highest BCUT2D eigenvalue weighted by molar-refractivity contribution is 5.84. The first-order valence-electron chi connectivity index (χ1n) is 6.08. The Hall–Kier alpha value is -2.96. The molecule has 7 heteroatoms. The lowest BCUT2D eigenvalue weighted by atomic mass is 10.3. The van der Waals surface area contributed by atoms with Gasteiger partial charge in [-0.3, -0.25) is 0 Å². The van der Waals surface area contributed by atoms with Crippen LogP contribution in [0.4, 0.5) is 4.39 Å². The van der Waals surface area contributed by atoms with Crippen LogP contribution in [0.3, 0.4) is 0 Å². The molecule has 0 amide bonds. The first kappa shape index (κ1) is 13.0. The average Bonchev–Trinajstić information content (AvgIpc) is 3.08. The van der Waals surface area contributed by atoms with Gasteiger partial charge in [0, 0.05) is 11.9 Å². The Bertz CT molecular complexity index is 794. The predicted molar refractivity (Wildman–Crippen MR) is 69.8 cm³/mol. The van der Waals surface area contributed by atoms with Gasteiger partial charge in [-0.15, -0.1) is 0 Å². The number of nitrogens with zero attached hydrogens (tertiary/aromatic N) is 3. The van der Waals surface area contributed by atoms with Crippen LogP contribution in [0.2, 0.25) is 0 Å². The largest absolute Gasteiger partial charge is 0.476 e. The molecular weight excluding hydrogens is 277 g/mol. The van der Waals surface area contributed by atoms with Crippen molar-refractivity contribution < 1.29 is 18.7 Å². The number of carboxylic acid groups (broad SMARTS) is 1. The molecule has 1 aromatic carbocycles. The second kappa shape index (κ2) is 5.20. The van der Waals surface area contributed by atoms with Gasteiger partial charge in [0.2, 0.25) is 5.89 Å². The van der Waals surface area contributed by atoms with Crippen LogP contribution in [0.25, 0.3) is 5.69 Å². The van der Waals surface area contributed by atoms with Crippen LogP contribution in [-0.2, 0) is 6.42 Å². The van der Waals surface area contributed by atoms with E-state index in [0.29, 0.717) is 11.4 Å². The van der Waals surface area contributed by atoms with E-state index in [1.807, 2.05) is 0 Å². The molecule has 0 bridgehead atoms. The number of aromatic carboxylic acids is 1. The maximum Gasteiger partial charge on any atom is 0.357 e. The molecule has 0 radical (unpaired) electrons. The number of hydrogen-bond donors (Lipinski definition) is 1. The standard InChI is InChI=1S/C14H10FN3O3/c15-9-2-1-3-11(4-9)18-6-10(16-8-18)5-13-17-12(7-21-13)14(19)20/h1-4,6-8H,5H2,(H,19,20). The van der Waals surface area contributed by atoms with Crippen LogP contribution in [-0.4, -0.2) is 25.6 Å². The van der Waals surface area contributed by atoms with E-state index in [1.54, 1.807) is 29.2 Å². The number of oxazole rings is 1. The Balaban J connectivity index is 1.80. The predicted octanol–water partition coefficient (Wildman–Crippen LogP) is 2.29. The summed E-state index contributed by atoms with van der Waals surface area (Å²) >= 11 is 0. The molecule has 0 aliphatic carbocycles. The van der Waals surface area contributed by atoms with Crippen LogP contribution >= 0.6 is 0 Å². The molecule has 106 valence electrons. The Morgan fingerprint density at radius 1 is 1.43 bits per heavy atom. The van der Waals surface area contributed by atoms with Gasteiger partial charge in [-0.05, 0) is 18.2 Å². The average molecular weight is 287 g/mol. The fraction of sp³-hybridized carbons (Fsp3) is 0.0714. The summed E-state index contributed by atoms with van der Waals surface area (Å²) in [5.41, 5.74) is 1.14. The number of carboxylic acids is 1. The summed E-state index contributed by atoms with van der Waals surface area (Å²) in [5.74, 6) is -1.21. The molecule has 0 saturated carbocycles. The van der Waals surface area contributed by atoms with E-state index < -0.39 is 5.97 Å². The second-order valence-electron chi connectivity index (χ2n) is 4.36. The van der Waals surface area contributed by atoms with Crippen LogP contribution in [0.1, 0.15) is 22.1 Å². The molecule has 0 saturated heterocycles. The number of rotatable bonds is 4. The monoisotopic (exact) mass is 287 g/mol. The summed E-state index contributed by atoms with van der Waals surface area (Å²) in [6, 6.07) is 6.11. The van der Waals surface area contributed by atoms with Gasteiger partial charge in [-0.2, -0.15) is 0 Å². The molecule has 2 aromatic heterocycles. The highest BCUT2D eigenvalue weighted by Crippen LogP contribution is 2.13. The first-order chi connectivity index (χ1) is 10.1. The lowest BCUT2D eigenvalue weighted by Gasteiger charge is -2.00. The topological polar surface area (TPSA) is 81.1 Å². The van der Waals surface area contributed by atoms with Gasteiger partial charge in [0.25, 0.3) is 0 Å². The number of hydrogen-bond acceptors (Lipinski definition) is 4. The molecule has 2 heterocycles. The Labute approximate surface area is 118 Å². The van der Waals surface area contributed by atoms with E-state index in [-0.39, 0.29) is 23.8 Å². The van der Waals surface area contributed by atoms with Crippen molar-refractivity contribution in [3.05, 3.63) is 66.1 Å². The van der Waals surface area contributed by atoms with Crippen molar-refractivity contribution >= 4 is 5.97 Å². The molecule has 0 unspecified atom stereocenters. The van der Waals surface area contributed by atoms with E-state index >= 15 is 0 Å². The molecule has 3 rings (SSSR count). The number of benzene rings is 1. The minimum absolute atomic E-state index is 0.144. The van der Waals surface area contributed by atoms with Crippen molar-refractivity contribution in [1.29, 1.82) is 0 Å². The minimum Gasteiger partial charge on any atom is -0.476 e.